The first kappa shape index (κ1) is 22.0. The summed E-state index contributed by atoms with van der Waals surface area (Å²) in [5, 5.41) is 8.53. The van der Waals surface area contributed by atoms with Crippen LogP contribution >= 0.6 is 0 Å². The van der Waals surface area contributed by atoms with Crippen LogP contribution in [0.4, 0.5) is 0 Å². The topological polar surface area (TPSA) is 91.3 Å². The van der Waals surface area contributed by atoms with Crippen LogP contribution in [0.1, 0.15) is 39.5 Å². The molecule has 0 unspecified atom stereocenters. The van der Waals surface area contributed by atoms with Crippen LogP contribution in [0.5, 0.6) is 0 Å². The van der Waals surface area contributed by atoms with Crippen molar-refractivity contribution in [2.24, 2.45) is 0 Å². The third-order valence-electron chi connectivity index (χ3n) is 3.18. The molecule has 0 amide bonds. The van der Waals surface area contributed by atoms with E-state index < -0.39 is 5.60 Å². The zero-order chi connectivity index (χ0) is 17.6. The molecule has 0 aromatic carbocycles. The van der Waals surface area contributed by atoms with Gasteiger partial charge in [-0.15, -0.1) is 0 Å². The third-order valence-corrected chi connectivity index (χ3v) is 3.18. The molecule has 0 heterocycles. The average molecular weight is 334 g/mol. The number of hydrogen-bond donors (Lipinski definition) is 1. The molecule has 136 valence electrons. The van der Waals surface area contributed by atoms with E-state index in [0.717, 1.165) is 0 Å². The second-order valence-corrected chi connectivity index (χ2v) is 5.54. The number of ketones is 1. The highest BCUT2D eigenvalue weighted by Gasteiger charge is 2.27. The molecule has 0 fully saturated rings. The minimum Gasteiger partial charge on any atom is -0.463 e. The summed E-state index contributed by atoms with van der Waals surface area (Å²) in [7, 11) is 1.61. The fraction of sp³-hybridized carbons (Fsp3) is 0.875. The Morgan fingerprint density at radius 1 is 0.957 bits per heavy atom. The number of esters is 1. The average Bonchev–Trinajstić information content (AvgIpc) is 2.52. The Balaban J connectivity index is 3.75. The Morgan fingerprint density at radius 3 is 2.26 bits per heavy atom. The van der Waals surface area contributed by atoms with Gasteiger partial charge in [-0.2, -0.15) is 0 Å². The molecule has 0 aliphatic heterocycles. The van der Waals surface area contributed by atoms with Gasteiger partial charge in [0.25, 0.3) is 0 Å². The monoisotopic (exact) mass is 334 g/mol. The molecule has 0 saturated carbocycles. The zero-order valence-electron chi connectivity index (χ0n) is 14.5. The second-order valence-electron chi connectivity index (χ2n) is 5.54. The highest BCUT2D eigenvalue weighted by Crippen LogP contribution is 2.15. The van der Waals surface area contributed by atoms with Crippen molar-refractivity contribution in [2.75, 3.05) is 46.8 Å². The van der Waals surface area contributed by atoms with E-state index in [1.165, 1.54) is 0 Å². The van der Waals surface area contributed by atoms with Crippen molar-refractivity contribution in [1.29, 1.82) is 0 Å². The number of unbranched alkanes of at least 4 members (excludes halogenated alkanes) is 1. The van der Waals surface area contributed by atoms with Gasteiger partial charge in [-0.1, -0.05) is 0 Å². The number of ether oxygens (including phenoxy) is 4. The lowest BCUT2D eigenvalue weighted by molar-refractivity contribution is -0.145. The molecule has 0 aliphatic carbocycles. The Kier molecular flexibility index (Phi) is 12.8. The molecule has 0 aromatic heterocycles. The number of hydrogen-bond acceptors (Lipinski definition) is 7. The molecule has 0 rings (SSSR count). The molecule has 0 atom stereocenters. The van der Waals surface area contributed by atoms with Crippen molar-refractivity contribution >= 4 is 11.8 Å². The summed E-state index contributed by atoms with van der Waals surface area (Å²) in [6, 6.07) is 0. The number of aliphatic hydroxyl groups is 1. The summed E-state index contributed by atoms with van der Waals surface area (Å²) in [5.41, 5.74) is -0.859. The van der Waals surface area contributed by atoms with Crippen LogP contribution in [0.25, 0.3) is 0 Å². The van der Waals surface area contributed by atoms with Crippen LogP contribution in [0.3, 0.4) is 0 Å². The predicted molar refractivity (Wildman–Crippen MR) is 84.2 cm³/mol. The Labute approximate surface area is 138 Å². The largest absolute Gasteiger partial charge is 0.463 e. The van der Waals surface area contributed by atoms with Gasteiger partial charge in [0.15, 0.2) is 5.78 Å². The predicted octanol–water partition coefficient (Wildman–Crippen LogP) is 1.11. The molecular formula is C16H30O7. The quantitative estimate of drug-likeness (QED) is 0.354. The molecule has 0 radical (unpaired) electrons. The lowest BCUT2D eigenvalue weighted by Crippen LogP contribution is -2.36. The van der Waals surface area contributed by atoms with Gasteiger partial charge in [0.2, 0.25) is 0 Å². The molecule has 7 heteroatoms. The number of carbonyl (C=O) groups is 2. The van der Waals surface area contributed by atoms with Gasteiger partial charge in [-0.3, -0.25) is 9.59 Å². The number of aliphatic hydroxyl groups excluding tert-OH is 1. The lowest BCUT2D eigenvalue weighted by Gasteiger charge is -2.23. The second kappa shape index (κ2) is 13.4. The minimum absolute atomic E-state index is 0.00174. The van der Waals surface area contributed by atoms with Crippen molar-refractivity contribution in [2.45, 2.75) is 45.1 Å². The summed E-state index contributed by atoms with van der Waals surface area (Å²) < 4.78 is 20.4. The van der Waals surface area contributed by atoms with Crippen molar-refractivity contribution in [3.8, 4) is 0 Å². The SMILES string of the molecule is COCCOCCOC(C)(C)C(=O)CCCCC(=O)OCCO. The van der Waals surface area contributed by atoms with E-state index in [1.807, 2.05) is 0 Å². The Hall–Kier alpha value is -1.02. The van der Waals surface area contributed by atoms with Crippen LogP contribution < -0.4 is 0 Å². The van der Waals surface area contributed by atoms with E-state index in [9.17, 15) is 9.59 Å². The Bertz CT molecular complexity index is 328. The van der Waals surface area contributed by atoms with Crippen molar-refractivity contribution in [3.63, 3.8) is 0 Å². The maximum absolute atomic E-state index is 12.1. The molecule has 7 nitrogen and oxygen atoms in total. The molecule has 23 heavy (non-hydrogen) atoms. The van der Waals surface area contributed by atoms with E-state index in [-0.39, 0.29) is 31.4 Å². The summed E-state index contributed by atoms with van der Waals surface area (Å²) in [4.78, 5) is 23.3. The van der Waals surface area contributed by atoms with Gasteiger partial charge < -0.3 is 24.1 Å². The standard InChI is InChI=1S/C16H30O7/c1-16(2,23-13-12-21-11-10-20-3)14(18)6-4-5-7-15(19)22-9-8-17/h17H,4-13H2,1-3H3. The van der Waals surface area contributed by atoms with Crippen molar-refractivity contribution in [1.82, 2.24) is 0 Å². The van der Waals surface area contributed by atoms with Crippen molar-refractivity contribution < 1.29 is 33.6 Å². The number of carbonyl (C=O) groups excluding carboxylic acids is 2. The number of Topliss-reactive ketones (excluding diaryl/α,β-unsaturated/α-hetero) is 1. The van der Waals surface area contributed by atoms with Gasteiger partial charge in [0.1, 0.15) is 12.2 Å². The third kappa shape index (κ3) is 12.1. The maximum atomic E-state index is 12.1. The molecule has 0 saturated heterocycles. The van der Waals surface area contributed by atoms with Crippen LogP contribution in [-0.2, 0) is 28.5 Å². The van der Waals surface area contributed by atoms with Crippen LogP contribution in [0.2, 0.25) is 0 Å². The summed E-state index contributed by atoms with van der Waals surface area (Å²) in [6.45, 7) is 5.10. The first-order valence-corrected chi connectivity index (χ1v) is 7.94. The number of rotatable bonds is 15. The maximum Gasteiger partial charge on any atom is 0.305 e. The zero-order valence-corrected chi connectivity index (χ0v) is 14.5. The lowest BCUT2D eigenvalue weighted by atomic mass is 9.98. The van der Waals surface area contributed by atoms with Gasteiger partial charge in [-0.25, -0.2) is 0 Å². The highest BCUT2D eigenvalue weighted by atomic mass is 16.6. The van der Waals surface area contributed by atoms with Crippen LogP contribution in [0, 0.1) is 0 Å². The van der Waals surface area contributed by atoms with E-state index in [0.29, 0.717) is 45.7 Å². The highest BCUT2D eigenvalue weighted by molar-refractivity contribution is 5.86. The van der Waals surface area contributed by atoms with E-state index in [4.69, 9.17) is 24.1 Å². The molecule has 0 aliphatic rings. The van der Waals surface area contributed by atoms with E-state index >= 15 is 0 Å². The van der Waals surface area contributed by atoms with Crippen molar-refractivity contribution in [3.05, 3.63) is 0 Å². The van der Waals surface area contributed by atoms with Crippen LogP contribution in [-0.4, -0.2) is 69.2 Å². The summed E-state index contributed by atoms with van der Waals surface area (Å²) in [6.07, 6.45) is 1.78. The smallest absolute Gasteiger partial charge is 0.305 e. The fourth-order valence-electron chi connectivity index (χ4n) is 1.77. The van der Waals surface area contributed by atoms with Crippen LogP contribution in [0.15, 0.2) is 0 Å². The summed E-state index contributed by atoms with van der Waals surface area (Å²) in [5.74, 6) is -0.353. The van der Waals surface area contributed by atoms with E-state index in [2.05, 4.69) is 0 Å². The van der Waals surface area contributed by atoms with E-state index in [1.54, 1.807) is 21.0 Å². The number of methoxy groups -OCH3 is 1. The molecular weight excluding hydrogens is 304 g/mol. The minimum atomic E-state index is -0.859. The molecule has 0 spiro atoms. The fourth-order valence-corrected chi connectivity index (χ4v) is 1.77. The molecule has 1 N–H and O–H groups in total. The molecule has 0 aromatic rings. The summed E-state index contributed by atoms with van der Waals surface area (Å²) >= 11 is 0. The Morgan fingerprint density at radius 2 is 1.61 bits per heavy atom. The first-order valence-electron chi connectivity index (χ1n) is 7.94. The normalized spacial score (nSPS) is 11.5. The van der Waals surface area contributed by atoms with Gasteiger partial charge in [0.05, 0.1) is 33.0 Å². The van der Waals surface area contributed by atoms with Gasteiger partial charge in [0, 0.05) is 20.0 Å². The van der Waals surface area contributed by atoms with Gasteiger partial charge in [-0.05, 0) is 26.7 Å². The first-order chi connectivity index (χ1) is 10.9. The van der Waals surface area contributed by atoms with Gasteiger partial charge >= 0.3 is 5.97 Å². The molecule has 0 bridgehead atoms.